The minimum atomic E-state index is -0.0627. The fourth-order valence-electron chi connectivity index (χ4n) is 4.57. The molecule has 0 bridgehead atoms. The fourth-order valence-corrected chi connectivity index (χ4v) is 4.57. The van der Waals surface area contributed by atoms with Crippen LogP contribution in [-0.2, 0) is 0 Å². The van der Waals surface area contributed by atoms with Crippen LogP contribution >= 0.6 is 0 Å². The van der Waals surface area contributed by atoms with Crippen molar-refractivity contribution in [2.24, 2.45) is 31.4 Å². The van der Waals surface area contributed by atoms with E-state index in [0.717, 1.165) is 22.6 Å². The van der Waals surface area contributed by atoms with Crippen molar-refractivity contribution in [2.75, 3.05) is 27.2 Å². The van der Waals surface area contributed by atoms with Crippen molar-refractivity contribution < 1.29 is 23.0 Å². The Hall–Kier alpha value is -5.06. The summed E-state index contributed by atoms with van der Waals surface area (Å²) < 4.78 is 22.6. The summed E-state index contributed by atoms with van der Waals surface area (Å²) in [6.45, 7) is 9.14. The molecule has 11 heteroatoms. The molecule has 0 atom stereocenters. The van der Waals surface area contributed by atoms with Gasteiger partial charge in [0.25, 0.3) is 12.7 Å². The number of nitrogens with two attached hydrogens (primary N) is 2. The zero-order chi connectivity index (χ0) is 30.7. The first-order valence-electron chi connectivity index (χ1n) is 14.2. The van der Waals surface area contributed by atoms with Crippen molar-refractivity contribution in [3.8, 4) is 34.1 Å². The van der Waals surface area contributed by atoms with E-state index in [9.17, 15) is 0 Å². The maximum Gasteiger partial charge on any atom is 0.282 e. The molecule has 3 aromatic rings. The second-order valence-corrected chi connectivity index (χ2v) is 11.1. The molecule has 43 heavy (non-hydrogen) atoms. The lowest BCUT2D eigenvalue weighted by Crippen LogP contribution is -2.27. The van der Waals surface area contributed by atoms with Crippen LogP contribution in [-0.4, -0.2) is 84.3 Å². The third kappa shape index (κ3) is 7.06. The molecule has 0 saturated heterocycles. The van der Waals surface area contributed by atoms with Crippen LogP contribution in [0.3, 0.4) is 0 Å². The van der Waals surface area contributed by atoms with Crippen molar-refractivity contribution in [2.45, 2.75) is 39.9 Å². The zero-order valence-corrected chi connectivity index (χ0v) is 25.4. The summed E-state index contributed by atoms with van der Waals surface area (Å²) >= 11 is 0. The number of aliphatic imine (C=N–C) groups is 4. The smallest absolute Gasteiger partial charge is 0.282 e. The summed E-state index contributed by atoms with van der Waals surface area (Å²) in [5.74, 6) is 3.31. The standard InChI is InChI=1S/C32H37N8O3/c1-19(2)41-29-13-21(37-31(33)25-15-39(5)17-35-25)7-9-23(29)27-11-12-28(43-27)24-10-8-22(14-30(24)42-20(3)4)38-32(34)26-16-40(6)18-36-26/h7-14,17-20,33H,15-16,34H2,1-6H3/q+1/p+1. The van der Waals surface area contributed by atoms with Gasteiger partial charge >= 0.3 is 0 Å². The molecule has 2 aliphatic rings. The van der Waals surface area contributed by atoms with E-state index in [4.69, 9.17) is 25.4 Å². The Balaban J connectivity index is 1.45. The Bertz CT molecular complexity index is 1600. The Kier molecular flexibility index (Phi) is 8.51. The van der Waals surface area contributed by atoms with Gasteiger partial charge in [0.2, 0.25) is 11.4 Å². The van der Waals surface area contributed by atoms with Crippen molar-refractivity contribution in [3.63, 3.8) is 0 Å². The molecule has 1 aromatic heterocycles. The molecular formula is C32H38N8O3+2. The van der Waals surface area contributed by atoms with Gasteiger partial charge in [0.05, 0.1) is 48.8 Å². The third-order valence-corrected chi connectivity index (χ3v) is 6.50. The van der Waals surface area contributed by atoms with E-state index in [0.29, 0.717) is 59.2 Å². The molecule has 4 N–H and O–H groups in total. The van der Waals surface area contributed by atoms with Gasteiger partial charge in [0, 0.05) is 12.1 Å². The monoisotopic (exact) mass is 582 g/mol. The second-order valence-electron chi connectivity index (χ2n) is 11.1. The van der Waals surface area contributed by atoms with Crippen LogP contribution in [0, 0.1) is 0 Å². The SMILES string of the molecule is CC(C)Oc1cc(N=C(N)C2=NC=[N+](C)C2)ccc1-c1ccc(-c2ccc(N=C(N)C3=NC=[N+](C)C3)cc2OC(C)C)o1. The first kappa shape index (κ1) is 29.4. The lowest BCUT2D eigenvalue weighted by atomic mass is 10.1. The summed E-state index contributed by atoms with van der Waals surface area (Å²) in [5, 5.41) is 0. The first-order valence-corrected chi connectivity index (χ1v) is 14.2. The Morgan fingerprint density at radius 1 is 0.721 bits per heavy atom. The van der Waals surface area contributed by atoms with Crippen LogP contribution in [0.5, 0.6) is 11.5 Å². The van der Waals surface area contributed by atoms with E-state index in [1.807, 2.05) is 99.5 Å². The molecule has 3 heterocycles. The number of hydrogen-bond acceptors (Lipinski definition) is 7. The number of amidine groups is 2. The topological polar surface area (TPSA) is 139 Å². The number of rotatable bonds is 10. The van der Waals surface area contributed by atoms with Gasteiger partial charge in [-0.25, -0.2) is 9.98 Å². The lowest BCUT2D eigenvalue weighted by molar-refractivity contribution is -0.473. The number of ether oxygens (including phenoxy) is 2. The highest BCUT2D eigenvalue weighted by Crippen LogP contribution is 2.40. The maximum atomic E-state index is 6.39. The van der Waals surface area contributed by atoms with Gasteiger partial charge in [0.15, 0.2) is 24.8 Å². The summed E-state index contributed by atoms with van der Waals surface area (Å²) in [6.07, 6.45) is 3.35. The number of nitrogens with zero attached hydrogens (tertiary/aromatic N) is 6. The van der Waals surface area contributed by atoms with E-state index >= 15 is 0 Å². The predicted molar refractivity (Wildman–Crippen MR) is 173 cm³/mol. The van der Waals surface area contributed by atoms with Crippen LogP contribution in [0.1, 0.15) is 27.7 Å². The van der Waals surface area contributed by atoms with E-state index in [2.05, 4.69) is 20.0 Å². The molecule has 0 aliphatic carbocycles. The van der Waals surface area contributed by atoms with Crippen LogP contribution in [0.4, 0.5) is 11.4 Å². The number of furan rings is 1. The minimum Gasteiger partial charge on any atom is -0.490 e. The van der Waals surface area contributed by atoms with E-state index < -0.39 is 0 Å². The average molecular weight is 583 g/mol. The molecule has 11 nitrogen and oxygen atoms in total. The van der Waals surface area contributed by atoms with E-state index in [-0.39, 0.29) is 12.2 Å². The molecule has 5 rings (SSSR count). The van der Waals surface area contributed by atoms with Crippen LogP contribution in [0.25, 0.3) is 22.6 Å². The first-order chi connectivity index (χ1) is 20.5. The molecular weight excluding hydrogens is 544 g/mol. The highest BCUT2D eigenvalue weighted by atomic mass is 16.5. The minimum absolute atomic E-state index is 0.0627. The highest BCUT2D eigenvalue weighted by Gasteiger charge is 2.22. The number of hydrogen-bond donors (Lipinski definition) is 2. The molecule has 222 valence electrons. The quantitative estimate of drug-likeness (QED) is 0.207. The molecule has 0 amide bonds. The van der Waals surface area contributed by atoms with Gasteiger partial charge in [-0.15, -0.1) is 0 Å². The summed E-state index contributed by atoms with van der Waals surface area (Å²) in [6, 6.07) is 15.2. The normalized spacial score (nSPS) is 15.5. The molecule has 0 spiro atoms. The molecule has 0 radical (unpaired) electrons. The second kappa shape index (κ2) is 12.4. The van der Waals surface area contributed by atoms with E-state index in [1.54, 1.807) is 12.7 Å². The van der Waals surface area contributed by atoms with Gasteiger partial charge in [-0.2, -0.15) is 0 Å². The van der Waals surface area contributed by atoms with Gasteiger partial charge in [-0.3, -0.25) is 9.15 Å². The van der Waals surface area contributed by atoms with Crippen LogP contribution in [0.15, 0.2) is 72.9 Å². The number of benzene rings is 2. The zero-order valence-electron chi connectivity index (χ0n) is 25.4. The predicted octanol–water partition coefficient (Wildman–Crippen LogP) is 4.42. The average Bonchev–Trinajstić information content (AvgIpc) is 3.70. The Morgan fingerprint density at radius 2 is 1.14 bits per heavy atom. The van der Waals surface area contributed by atoms with Gasteiger partial charge < -0.3 is 25.4 Å². The Morgan fingerprint density at radius 3 is 1.49 bits per heavy atom. The van der Waals surface area contributed by atoms with Crippen molar-refractivity contribution in [3.05, 3.63) is 48.5 Å². The molecule has 0 fully saturated rings. The lowest BCUT2D eigenvalue weighted by Gasteiger charge is -2.15. The van der Waals surface area contributed by atoms with Crippen molar-refractivity contribution in [1.29, 1.82) is 0 Å². The highest BCUT2D eigenvalue weighted by molar-refractivity contribution is 6.43. The maximum absolute atomic E-state index is 6.39. The van der Waals surface area contributed by atoms with Gasteiger partial charge in [-0.1, -0.05) is 0 Å². The van der Waals surface area contributed by atoms with E-state index in [1.165, 1.54) is 0 Å². The van der Waals surface area contributed by atoms with Crippen molar-refractivity contribution in [1.82, 2.24) is 0 Å². The summed E-state index contributed by atoms with van der Waals surface area (Å²) in [4.78, 5) is 17.8. The van der Waals surface area contributed by atoms with Gasteiger partial charge in [0.1, 0.15) is 23.0 Å². The largest absolute Gasteiger partial charge is 0.490 e. The van der Waals surface area contributed by atoms with Crippen LogP contribution < -0.4 is 20.9 Å². The summed E-state index contributed by atoms with van der Waals surface area (Å²) in [7, 11) is 3.87. The fraction of sp³-hybridized carbons (Fsp3) is 0.312. The molecule has 2 aliphatic heterocycles. The third-order valence-electron chi connectivity index (χ3n) is 6.50. The van der Waals surface area contributed by atoms with Crippen molar-refractivity contribution >= 4 is 47.1 Å². The summed E-state index contributed by atoms with van der Waals surface area (Å²) in [5.41, 5.74) is 16.9. The molecule has 2 aromatic carbocycles. The van der Waals surface area contributed by atoms with Gasteiger partial charge in [-0.05, 0) is 74.1 Å². The molecule has 0 unspecified atom stereocenters. The molecule has 0 saturated carbocycles. The van der Waals surface area contributed by atoms with Crippen LogP contribution in [0.2, 0.25) is 0 Å². The Labute approximate surface area is 251 Å².